The quantitative estimate of drug-likeness (QED) is 0.687. The molecule has 1 aromatic carbocycles. The highest BCUT2D eigenvalue weighted by Crippen LogP contribution is 2.50. The van der Waals surface area contributed by atoms with Crippen LogP contribution in [0.2, 0.25) is 0 Å². The van der Waals surface area contributed by atoms with Crippen LogP contribution in [0.1, 0.15) is 58.6 Å². The van der Waals surface area contributed by atoms with Crippen molar-refractivity contribution in [2.45, 2.75) is 65.3 Å². The number of amidine groups is 1. The predicted octanol–water partition coefficient (Wildman–Crippen LogP) is 4.10. The molecule has 2 unspecified atom stereocenters. The van der Waals surface area contributed by atoms with Gasteiger partial charge < -0.3 is 19.3 Å². The van der Waals surface area contributed by atoms with Gasteiger partial charge in [-0.05, 0) is 51.3 Å². The molecule has 1 aromatic rings. The van der Waals surface area contributed by atoms with E-state index in [1.165, 1.54) is 11.0 Å². The Morgan fingerprint density at radius 1 is 1.29 bits per heavy atom. The van der Waals surface area contributed by atoms with Gasteiger partial charge in [0.25, 0.3) is 5.91 Å². The Kier molecular flexibility index (Phi) is 5.52. The molecule has 0 saturated carbocycles. The van der Waals surface area contributed by atoms with Crippen molar-refractivity contribution < 1.29 is 32.2 Å². The number of carbonyl (C=O) groups is 2. The van der Waals surface area contributed by atoms with Crippen molar-refractivity contribution in [1.29, 1.82) is 0 Å². The number of carbonyl (C=O) groups excluding carboxylic acids is 2. The molecule has 0 bridgehead atoms. The van der Waals surface area contributed by atoms with Gasteiger partial charge in [-0.1, -0.05) is 13.8 Å². The van der Waals surface area contributed by atoms with Crippen molar-refractivity contribution in [2.24, 2.45) is 10.5 Å². The summed E-state index contributed by atoms with van der Waals surface area (Å²) in [6, 6.07) is 1.80. The van der Waals surface area contributed by atoms with E-state index in [4.69, 9.17) is 9.47 Å². The third kappa shape index (κ3) is 4.16. The topological polar surface area (TPSA) is 83.5 Å². The number of hydrazone groups is 1. The lowest BCUT2D eigenvalue weighted by Crippen LogP contribution is -2.60. The molecule has 3 heterocycles. The molecule has 8 nitrogen and oxygen atoms in total. The van der Waals surface area contributed by atoms with Gasteiger partial charge in [-0.15, -0.1) is 0 Å². The fraction of sp³-hybridized carbons (Fsp3) is 0.609. The summed E-state index contributed by atoms with van der Waals surface area (Å²) in [5.74, 6) is -0.434. The first-order chi connectivity index (χ1) is 15.6. The fourth-order valence-electron chi connectivity index (χ4n) is 4.62. The Bertz CT molecular complexity index is 1060. The second-order valence-corrected chi connectivity index (χ2v) is 10.5. The Morgan fingerprint density at radius 3 is 2.53 bits per heavy atom. The van der Waals surface area contributed by atoms with Crippen LogP contribution < -0.4 is 15.1 Å². The molecule has 0 radical (unpaired) electrons. The van der Waals surface area contributed by atoms with E-state index in [2.05, 4.69) is 10.5 Å². The lowest BCUT2D eigenvalue weighted by atomic mass is 9.68. The first kappa shape index (κ1) is 24.2. The summed E-state index contributed by atoms with van der Waals surface area (Å²) in [6.45, 7) is 11.0. The van der Waals surface area contributed by atoms with E-state index in [0.29, 0.717) is 11.5 Å². The SMILES string of the molecule is CC1C(=O)NN=C2COc3cc(C(F)(F)F)c(C(C)C4(C)CN(C(=O)OC(C)(C)C)C4)cc3N21. The average molecular weight is 483 g/mol. The number of nitrogens with one attached hydrogen (secondary N) is 1. The summed E-state index contributed by atoms with van der Waals surface area (Å²) >= 11 is 0. The Hall–Kier alpha value is -2.98. The van der Waals surface area contributed by atoms with Crippen LogP contribution in [0.15, 0.2) is 17.2 Å². The van der Waals surface area contributed by atoms with Crippen LogP contribution >= 0.6 is 0 Å². The Labute approximate surface area is 196 Å². The summed E-state index contributed by atoms with van der Waals surface area (Å²) < 4.78 is 53.3. The number of ether oxygens (including phenoxy) is 2. The van der Waals surface area contributed by atoms with E-state index < -0.39 is 40.8 Å². The first-order valence-corrected chi connectivity index (χ1v) is 11.1. The van der Waals surface area contributed by atoms with Crippen LogP contribution in [0.5, 0.6) is 5.75 Å². The molecule has 4 rings (SSSR count). The number of alkyl halides is 3. The molecule has 0 spiro atoms. The number of hydrogen-bond donors (Lipinski definition) is 1. The minimum Gasteiger partial charge on any atom is -0.483 e. The van der Waals surface area contributed by atoms with Crippen LogP contribution in [0.25, 0.3) is 0 Å². The smallest absolute Gasteiger partial charge is 0.416 e. The number of halogens is 3. The summed E-state index contributed by atoms with van der Waals surface area (Å²) in [5, 5.41) is 4.00. The summed E-state index contributed by atoms with van der Waals surface area (Å²) in [7, 11) is 0. The second kappa shape index (κ2) is 7.78. The molecule has 0 aromatic heterocycles. The Balaban J connectivity index is 1.69. The van der Waals surface area contributed by atoms with E-state index in [-0.39, 0.29) is 36.9 Å². The zero-order valence-corrected chi connectivity index (χ0v) is 20.0. The van der Waals surface area contributed by atoms with Gasteiger partial charge in [0.1, 0.15) is 24.0 Å². The molecule has 186 valence electrons. The Morgan fingerprint density at radius 2 is 1.94 bits per heavy atom. The highest BCUT2D eigenvalue weighted by atomic mass is 19.4. The molecule has 1 fully saturated rings. The maximum absolute atomic E-state index is 14.1. The standard InChI is InChI=1S/C23H29F3N4O4/c1-12(22(6)10-29(11-22)20(32)34-21(3,4)5)14-7-16-17(8-15(14)23(24,25)26)33-9-18-27-28-19(31)13(2)30(16)18/h7-8,12-13H,9-11H2,1-6H3,(H,28,31). The molecule has 11 heteroatoms. The van der Waals surface area contributed by atoms with Crippen LogP contribution in [0.4, 0.5) is 23.7 Å². The molecule has 0 aliphatic carbocycles. The number of nitrogens with zero attached hydrogens (tertiary/aromatic N) is 3. The van der Waals surface area contributed by atoms with E-state index >= 15 is 0 Å². The first-order valence-electron chi connectivity index (χ1n) is 11.1. The van der Waals surface area contributed by atoms with Crippen molar-refractivity contribution in [3.05, 3.63) is 23.3 Å². The van der Waals surface area contributed by atoms with Crippen molar-refractivity contribution in [1.82, 2.24) is 10.3 Å². The second-order valence-electron chi connectivity index (χ2n) is 10.5. The minimum atomic E-state index is -4.60. The minimum absolute atomic E-state index is 0.0492. The normalized spacial score (nSPS) is 22.4. The number of amides is 2. The van der Waals surface area contributed by atoms with Gasteiger partial charge >= 0.3 is 12.3 Å². The van der Waals surface area contributed by atoms with Crippen molar-refractivity contribution >= 4 is 23.5 Å². The number of hydrogen-bond acceptors (Lipinski definition) is 6. The monoisotopic (exact) mass is 482 g/mol. The molecule has 2 amide bonds. The lowest BCUT2D eigenvalue weighted by Gasteiger charge is -2.51. The van der Waals surface area contributed by atoms with Gasteiger partial charge in [0.2, 0.25) is 0 Å². The largest absolute Gasteiger partial charge is 0.483 e. The zero-order chi connectivity index (χ0) is 25.2. The summed E-state index contributed by atoms with van der Waals surface area (Å²) in [6.07, 6.45) is -5.09. The highest BCUT2D eigenvalue weighted by Gasteiger charge is 2.49. The van der Waals surface area contributed by atoms with Crippen LogP contribution in [0.3, 0.4) is 0 Å². The molecule has 34 heavy (non-hydrogen) atoms. The van der Waals surface area contributed by atoms with Gasteiger partial charge in [0.15, 0.2) is 5.84 Å². The van der Waals surface area contributed by atoms with E-state index in [1.807, 2.05) is 6.92 Å². The fourth-order valence-corrected chi connectivity index (χ4v) is 4.62. The van der Waals surface area contributed by atoms with Crippen LogP contribution in [-0.4, -0.2) is 54.1 Å². The third-order valence-corrected chi connectivity index (χ3v) is 6.66. The number of benzene rings is 1. The molecule has 1 N–H and O–H groups in total. The van der Waals surface area contributed by atoms with Gasteiger partial charge in [-0.3, -0.25) is 4.79 Å². The third-order valence-electron chi connectivity index (χ3n) is 6.66. The van der Waals surface area contributed by atoms with Crippen molar-refractivity contribution in [3.63, 3.8) is 0 Å². The van der Waals surface area contributed by atoms with Crippen LogP contribution in [-0.2, 0) is 15.7 Å². The maximum atomic E-state index is 14.1. The average Bonchev–Trinajstić information content (AvgIpc) is 2.70. The van der Waals surface area contributed by atoms with Gasteiger partial charge in [-0.2, -0.15) is 18.3 Å². The maximum Gasteiger partial charge on any atom is 0.416 e. The number of anilines is 1. The molecular formula is C23H29F3N4O4. The van der Waals surface area contributed by atoms with Gasteiger partial charge in [0.05, 0.1) is 11.3 Å². The molecule has 2 atom stereocenters. The number of fused-ring (bicyclic) bond motifs is 3. The number of rotatable bonds is 2. The van der Waals surface area contributed by atoms with Gasteiger partial charge in [0, 0.05) is 18.5 Å². The molecule has 3 aliphatic rings. The zero-order valence-electron chi connectivity index (χ0n) is 20.0. The van der Waals surface area contributed by atoms with E-state index in [1.54, 1.807) is 39.5 Å². The predicted molar refractivity (Wildman–Crippen MR) is 119 cm³/mol. The molecular weight excluding hydrogens is 453 g/mol. The molecule has 3 aliphatic heterocycles. The molecule has 1 saturated heterocycles. The number of likely N-dealkylation sites (tertiary alicyclic amines) is 1. The summed E-state index contributed by atoms with van der Waals surface area (Å²) in [4.78, 5) is 27.7. The van der Waals surface area contributed by atoms with Crippen molar-refractivity contribution in [2.75, 3.05) is 24.6 Å². The van der Waals surface area contributed by atoms with E-state index in [0.717, 1.165) is 6.07 Å². The lowest BCUT2D eigenvalue weighted by molar-refractivity contribution is -0.139. The van der Waals surface area contributed by atoms with Crippen LogP contribution in [0, 0.1) is 5.41 Å². The summed E-state index contributed by atoms with van der Waals surface area (Å²) in [5.41, 5.74) is 0.819. The van der Waals surface area contributed by atoms with Gasteiger partial charge in [-0.25, -0.2) is 10.2 Å². The van der Waals surface area contributed by atoms with Crippen molar-refractivity contribution in [3.8, 4) is 5.75 Å². The van der Waals surface area contributed by atoms with E-state index in [9.17, 15) is 22.8 Å². The highest BCUT2D eigenvalue weighted by molar-refractivity contribution is 6.09.